The molecule has 1 spiro atoms. The summed E-state index contributed by atoms with van der Waals surface area (Å²) in [6.45, 7) is 3.93. The van der Waals surface area contributed by atoms with Gasteiger partial charge in [0.25, 0.3) is 0 Å². The lowest BCUT2D eigenvalue weighted by Gasteiger charge is -2.39. The second-order valence-electron chi connectivity index (χ2n) is 10.1. The van der Waals surface area contributed by atoms with Crippen molar-refractivity contribution >= 4 is 5.71 Å². The quantitative estimate of drug-likeness (QED) is 0.183. The van der Waals surface area contributed by atoms with E-state index in [1.54, 1.807) is 6.20 Å². The molecule has 0 amide bonds. The minimum Gasteiger partial charge on any atom is -0.394 e. The molecular formula is C29H31F3N4O2. The zero-order chi connectivity index (χ0) is 26.7. The van der Waals surface area contributed by atoms with Gasteiger partial charge in [0, 0.05) is 49.1 Å². The summed E-state index contributed by atoms with van der Waals surface area (Å²) in [5.74, 6) is -2.31. The Kier molecular flexibility index (Phi) is 7.78. The van der Waals surface area contributed by atoms with E-state index in [-0.39, 0.29) is 5.60 Å². The Morgan fingerprint density at radius 1 is 1.03 bits per heavy atom. The van der Waals surface area contributed by atoms with Crippen LogP contribution in [0.1, 0.15) is 40.7 Å². The molecule has 0 aliphatic carbocycles. The van der Waals surface area contributed by atoms with E-state index < -0.39 is 17.6 Å². The largest absolute Gasteiger partial charge is 0.394 e. The molecule has 0 atom stereocenters. The molecule has 0 unspecified atom stereocenters. The van der Waals surface area contributed by atoms with Crippen molar-refractivity contribution < 1.29 is 22.7 Å². The second-order valence-corrected chi connectivity index (χ2v) is 10.1. The minimum absolute atomic E-state index is 0.369. The zero-order valence-electron chi connectivity index (χ0n) is 21.6. The predicted molar refractivity (Wildman–Crippen MR) is 138 cm³/mol. The Balaban J connectivity index is 1.26. The van der Waals surface area contributed by atoms with Gasteiger partial charge in [-0.15, -0.1) is 0 Å². The summed E-state index contributed by atoms with van der Waals surface area (Å²) < 4.78 is 47.2. The van der Waals surface area contributed by atoms with Crippen LogP contribution in [0.4, 0.5) is 13.2 Å². The van der Waals surface area contributed by atoms with Crippen molar-refractivity contribution in [2.45, 2.75) is 31.6 Å². The molecule has 3 aromatic rings. The van der Waals surface area contributed by atoms with E-state index in [1.807, 2.05) is 43.3 Å². The maximum absolute atomic E-state index is 14.0. The van der Waals surface area contributed by atoms with E-state index in [0.717, 1.165) is 66.9 Å². The number of hydrogen-bond donors (Lipinski definition) is 0. The van der Waals surface area contributed by atoms with Crippen LogP contribution in [-0.4, -0.2) is 60.8 Å². The lowest BCUT2D eigenvalue weighted by Crippen LogP contribution is -2.42. The van der Waals surface area contributed by atoms with Crippen LogP contribution in [0.15, 0.2) is 59.9 Å². The second kappa shape index (κ2) is 11.2. The maximum atomic E-state index is 14.0. The summed E-state index contributed by atoms with van der Waals surface area (Å²) >= 11 is 0. The number of benzene rings is 2. The third-order valence-corrected chi connectivity index (χ3v) is 7.23. The van der Waals surface area contributed by atoms with Gasteiger partial charge in [-0.05, 0) is 62.3 Å². The fraction of sp³-hybridized carbons (Fsp3) is 0.379. The molecule has 9 heteroatoms. The van der Waals surface area contributed by atoms with E-state index in [1.165, 1.54) is 12.1 Å². The van der Waals surface area contributed by atoms with Crippen LogP contribution in [0.25, 0.3) is 0 Å². The number of ether oxygens (including phenoxy) is 1. The molecule has 0 N–H and O–H groups in total. The van der Waals surface area contributed by atoms with E-state index >= 15 is 0 Å². The molecule has 1 saturated heterocycles. The summed E-state index contributed by atoms with van der Waals surface area (Å²) in [7, 11) is 3.87. The molecule has 0 radical (unpaired) electrons. The molecule has 2 aromatic carbocycles. The molecule has 6 nitrogen and oxygen atoms in total. The first-order valence-electron chi connectivity index (χ1n) is 12.7. The Bertz CT molecular complexity index is 1310. The van der Waals surface area contributed by atoms with Gasteiger partial charge in [-0.2, -0.15) is 4.39 Å². The molecule has 38 heavy (non-hydrogen) atoms. The van der Waals surface area contributed by atoms with Gasteiger partial charge in [-0.1, -0.05) is 29.4 Å². The highest BCUT2D eigenvalue weighted by atomic mass is 19.2. The lowest BCUT2D eigenvalue weighted by molar-refractivity contribution is -0.0800. The Morgan fingerprint density at radius 3 is 2.47 bits per heavy atom. The van der Waals surface area contributed by atoms with E-state index in [2.05, 4.69) is 15.0 Å². The zero-order valence-corrected chi connectivity index (χ0v) is 21.6. The first-order chi connectivity index (χ1) is 18.3. The minimum atomic E-state index is -0.933. The van der Waals surface area contributed by atoms with Crippen LogP contribution < -0.4 is 0 Å². The number of piperidine rings is 1. The predicted octanol–water partition coefficient (Wildman–Crippen LogP) is 4.85. The monoisotopic (exact) mass is 524 g/mol. The first kappa shape index (κ1) is 26.3. The molecule has 3 heterocycles. The summed E-state index contributed by atoms with van der Waals surface area (Å²) in [6.07, 6.45) is 3.27. The van der Waals surface area contributed by atoms with E-state index in [9.17, 15) is 13.2 Å². The normalized spacial score (nSPS) is 17.3. The third-order valence-electron chi connectivity index (χ3n) is 7.23. The fourth-order valence-electron chi connectivity index (χ4n) is 5.05. The highest BCUT2D eigenvalue weighted by Crippen LogP contribution is 2.44. The molecule has 5 rings (SSSR count). The van der Waals surface area contributed by atoms with Crippen molar-refractivity contribution in [3.05, 3.63) is 100 Å². The van der Waals surface area contributed by atoms with Gasteiger partial charge in [0.1, 0.15) is 12.3 Å². The number of oxime groups is 1. The van der Waals surface area contributed by atoms with Gasteiger partial charge in [-0.3, -0.25) is 4.90 Å². The molecule has 1 aromatic heterocycles. The summed E-state index contributed by atoms with van der Waals surface area (Å²) in [6, 6.07) is 13.1. The number of hydrogen-bond acceptors (Lipinski definition) is 6. The van der Waals surface area contributed by atoms with Crippen LogP contribution >= 0.6 is 0 Å². The van der Waals surface area contributed by atoms with Crippen LogP contribution in [0, 0.1) is 17.6 Å². The van der Waals surface area contributed by atoms with Crippen molar-refractivity contribution in [1.29, 1.82) is 0 Å². The average molecular weight is 525 g/mol. The Morgan fingerprint density at radius 2 is 1.76 bits per heavy atom. The highest BCUT2D eigenvalue weighted by Gasteiger charge is 2.43. The summed E-state index contributed by atoms with van der Waals surface area (Å²) in [4.78, 5) is 13.7. The standard InChI is InChI=1S/C29H31F3N4O2/c1-35(2)13-14-38-34-28(22-7-8-25(30)26(31)15-22)21-5-3-20(4-6-21)18-36-11-9-29(10-12-36)24-17-33-27(32)16-23(24)19-37-29/h3-8,15-17H,9-14,18-19H2,1-2H3/b34-28+. The van der Waals surface area contributed by atoms with Gasteiger partial charge in [0.15, 0.2) is 11.6 Å². The van der Waals surface area contributed by atoms with Crippen molar-refractivity contribution in [2.24, 2.45) is 5.16 Å². The molecule has 200 valence electrons. The molecule has 2 aliphatic rings. The maximum Gasteiger partial charge on any atom is 0.213 e. The van der Waals surface area contributed by atoms with Gasteiger partial charge in [-0.25, -0.2) is 13.8 Å². The van der Waals surface area contributed by atoms with Crippen molar-refractivity contribution in [2.75, 3.05) is 40.3 Å². The first-order valence-corrected chi connectivity index (χ1v) is 12.7. The smallest absolute Gasteiger partial charge is 0.213 e. The van der Waals surface area contributed by atoms with Gasteiger partial charge < -0.3 is 14.5 Å². The average Bonchev–Trinajstić information content (AvgIpc) is 3.24. The van der Waals surface area contributed by atoms with Crippen molar-refractivity contribution in [3.8, 4) is 0 Å². The molecule has 0 saturated carbocycles. The number of nitrogens with zero attached hydrogens (tertiary/aromatic N) is 4. The third kappa shape index (κ3) is 5.75. The fourth-order valence-corrected chi connectivity index (χ4v) is 5.05. The van der Waals surface area contributed by atoms with Crippen molar-refractivity contribution in [1.82, 2.24) is 14.8 Å². The SMILES string of the molecule is CN(C)CCO/N=C(\c1ccc(CN2CCC3(CC2)OCc2cc(F)ncc23)cc1)c1ccc(F)c(F)c1. The highest BCUT2D eigenvalue weighted by molar-refractivity contribution is 6.12. The molecule has 1 fully saturated rings. The number of likely N-dealkylation sites (tertiary alicyclic amines) is 1. The molecule has 0 bridgehead atoms. The Labute approximate surface area is 220 Å². The van der Waals surface area contributed by atoms with Crippen LogP contribution in [-0.2, 0) is 28.3 Å². The lowest BCUT2D eigenvalue weighted by atomic mass is 9.84. The summed E-state index contributed by atoms with van der Waals surface area (Å²) in [5, 5.41) is 4.26. The topological polar surface area (TPSA) is 50.2 Å². The number of pyridine rings is 1. The van der Waals surface area contributed by atoms with Gasteiger partial charge in [0.2, 0.25) is 5.95 Å². The summed E-state index contributed by atoms with van der Waals surface area (Å²) in [5.41, 5.74) is 4.28. The number of fused-ring (bicyclic) bond motifs is 2. The van der Waals surface area contributed by atoms with Crippen molar-refractivity contribution in [3.63, 3.8) is 0 Å². The molecule has 2 aliphatic heterocycles. The van der Waals surface area contributed by atoms with Gasteiger partial charge in [0.05, 0.1) is 12.2 Å². The van der Waals surface area contributed by atoms with E-state index in [4.69, 9.17) is 9.57 Å². The van der Waals surface area contributed by atoms with Crippen LogP contribution in [0.5, 0.6) is 0 Å². The molecular weight excluding hydrogens is 493 g/mol. The number of halogens is 3. The Hall–Kier alpha value is -3.27. The van der Waals surface area contributed by atoms with E-state index in [0.29, 0.717) is 31.0 Å². The van der Waals surface area contributed by atoms with Gasteiger partial charge >= 0.3 is 0 Å². The van der Waals surface area contributed by atoms with Crippen LogP contribution in [0.3, 0.4) is 0 Å². The number of aromatic nitrogens is 1. The van der Waals surface area contributed by atoms with Crippen LogP contribution in [0.2, 0.25) is 0 Å². The number of likely N-dealkylation sites (N-methyl/N-ethyl adjacent to an activating group) is 1. The number of rotatable bonds is 8.